The van der Waals surface area contributed by atoms with E-state index in [4.69, 9.17) is 9.47 Å². The van der Waals surface area contributed by atoms with Crippen LogP contribution in [0.25, 0.3) is 5.82 Å². The minimum atomic E-state index is 0.0571. The van der Waals surface area contributed by atoms with Crippen molar-refractivity contribution in [2.45, 2.75) is 38.1 Å². The van der Waals surface area contributed by atoms with Gasteiger partial charge in [0.2, 0.25) is 0 Å². The molecule has 31 heavy (non-hydrogen) atoms. The molecule has 3 heterocycles. The Morgan fingerprint density at radius 1 is 1.13 bits per heavy atom. The van der Waals surface area contributed by atoms with E-state index in [1.165, 1.54) is 5.56 Å². The second-order valence-electron chi connectivity index (χ2n) is 7.75. The molecule has 1 amide bonds. The van der Waals surface area contributed by atoms with Gasteiger partial charge < -0.3 is 14.4 Å². The molecule has 3 aromatic rings. The van der Waals surface area contributed by atoms with Crippen LogP contribution in [0, 0.1) is 0 Å². The van der Waals surface area contributed by atoms with E-state index < -0.39 is 0 Å². The quantitative estimate of drug-likeness (QED) is 0.580. The summed E-state index contributed by atoms with van der Waals surface area (Å²) < 4.78 is 12.6. The van der Waals surface area contributed by atoms with E-state index in [0.29, 0.717) is 5.56 Å². The summed E-state index contributed by atoms with van der Waals surface area (Å²) in [6.07, 6.45) is 11.9. The lowest BCUT2D eigenvalue weighted by Crippen LogP contribution is -2.44. The Labute approximate surface area is 182 Å². The molecule has 0 spiro atoms. The van der Waals surface area contributed by atoms with E-state index in [9.17, 15) is 4.79 Å². The maximum absolute atomic E-state index is 13.2. The molecule has 0 aliphatic carbocycles. The van der Waals surface area contributed by atoms with Gasteiger partial charge in [-0.05, 0) is 61.9 Å². The van der Waals surface area contributed by atoms with Crippen molar-refractivity contribution in [2.24, 2.45) is 0 Å². The van der Waals surface area contributed by atoms with Gasteiger partial charge in [0.15, 0.2) is 11.5 Å². The Morgan fingerprint density at radius 2 is 2.00 bits per heavy atom. The fourth-order valence-electron chi connectivity index (χ4n) is 4.16. The minimum absolute atomic E-state index is 0.0571. The highest BCUT2D eigenvalue weighted by atomic mass is 16.5. The highest BCUT2D eigenvalue weighted by molar-refractivity contribution is 5.94. The monoisotopic (exact) mass is 420 g/mol. The number of ether oxygens (including phenoxy) is 2. The molecule has 7 heteroatoms. The SMILES string of the molecule is COc1ccc(CCC2CCCCN2C(=O)c2ccc(-n3ccnc3)nc2)cc1OC. The number of imidazole rings is 1. The average molecular weight is 421 g/mol. The molecule has 1 fully saturated rings. The Kier molecular flexibility index (Phi) is 6.50. The molecule has 162 valence electrons. The van der Waals surface area contributed by atoms with Gasteiger partial charge in [-0.3, -0.25) is 9.36 Å². The maximum Gasteiger partial charge on any atom is 0.255 e. The van der Waals surface area contributed by atoms with E-state index in [1.54, 1.807) is 32.9 Å². The van der Waals surface area contributed by atoms with Crippen molar-refractivity contribution in [1.82, 2.24) is 19.4 Å². The highest BCUT2D eigenvalue weighted by Crippen LogP contribution is 2.29. The van der Waals surface area contributed by atoms with Crippen molar-refractivity contribution < 1.29 is 14.3 Å². The van der Waals surface area contributed by atoms with Crippen LogP contribution in [0.3, 0.4) is 0 Å². The van der Waals surface area contributed by atoms with Gasteiger partial charge in [0.05, 0.1) is 19.8 Å². The van der Waals surface area contributed by atoms with Crippen LogP contribution in [0.1, 0.15) is 41.6 Å². The molecule has 2 aromatic heterocycles. The number of benzene rings is 1. The van der Waals surface area contributed by atoms with Gasteiger partial charge in [0.1, 0.15) is 12.1 Å². The second kappa shape index (κ2) is 9.64. The molecule has 0 N–H and O–H groups in total. The summed E-state index contributed by atoms with van der Waals surface area (Å²) in [5, 5.41) is 0. The number of aryl methyl sites for hydroxylation is 1. The van der Waals surface area contributed by atoms with Crippen LogP contribution in [0.15, 0.2) is 55.2 Å². The first-order valence-electron chi connectivity index (χ1n) is 10.7. The maximum atomic E-state index is 13.2. The summed E-state index contributed by atoms with van der Waals surface area (Å²) in [4.78, 5) is 23.7. The lowest BCUT2D eigenvalue weighted by molar-refractivity contribution is 0.0601. The number of methoxy groups -OCH3 is 2. The van der Waals surface area contributed by atoms with Crippen LogP contribution >= 0.6 is 0 Å². The molecule has 1 atom stereocenters. The Balaban J connectivity index is 1.44. The predicted molar refractivity (Wildman–Crippen MR) is 118 cm³/mol. The molecule has 0 bridgehead atoms. The van der Waals surface area contributed by atoms with Crippen molar-refractivity contribution in [2.75, 3.05) is 20.8 Å². The summed E-state index contributed by atoms with van der Waals surface area (Å²) >= 11 is 0. The molecule has 4 rings (SSSR count). The van der Waals surface area contributed by atoms with E-state index >= 15 is 0 Å². The fraction of sp³-hybridized carbons (Fsp3) is 0.375. The number of hydrogen-bond donors (Lipinski definition) is 0. The third-order valence-corrected chi connectivity index (χ3v) is 5.87. The van der Waals surface area contributed by atoms with E-state index in [-0.39, 0.29) is 11.9 Å². The molecule has 1 unspecified atom stereocenters. The number of amides is 1. The molecule has 0 saturated carbocycles. The average Bonchev–Trinajstić information content (AvgIpc) is 3.37. The third kappa shape index (κ3) is 4.71. The van der Waals surface area contributed by atoms with Gasteiger partial charge in [0, 0.05) is 31.2 Å². The predicted octanol–water partition coefficient (Wildman–Crippen LogP) is 3.91. The van der Waals surface area contributed by atoms with Crippen LogP contribution in [0.5, 0.6) is 11.5 Å². The van der Waals surface area contributed by atoms with E-state index in [0.717, 1.165) is 56.0 Å². The molecule has 0 radical (unpaired) electrons. The van der Waals surface area contributed by atoms with E-state index in [1.807, 2.05) is 39.9 Å². The largest absolute Gasteiger partial charge is 0.493 e. The van der Waals surface area contributed by atoms with Crippen LogP contribution in [0.2, 0.25) is 0 Å². The Morgan fingerprint density at radius 3 is 2.71 bits per heavy atom. The zero-order chi connectivity index (χ0) is 21.6. The van der Waals surface area contributed by atoms with Gasteiger partial charge >= 0.3 is 0 Å². The lowest BCUT2D eigenvalue weighted by Gasteiger charge is -2.36. The van der Waals surface area contributed by atoms with Gasteiger partial charge in [-0.2, -0.15) is 0 Å². The number of carbonyl (C=O) groups excluding carboxylic acids is 1. The van der Waals surface area contributed by atoms with Crippen molar-refractivity contribution in [3.05, 3.63) is 66.4 Å². The third-order valence-electron chi connectivity index (χ3n) is 5.87. The first-order valence-corrected chi connectivity index (χ1v) is 10.7. The van der Waals surface area contributed by atoms with Gasteiger partial charge in [0.25, 0.3) is 5.91 Å². The summed E-state index contributed by atoms with van der Waals surface area (Å²) in [5.41, 5.74) is 1.81. The fourth-order valence-corrected chi connectivity index (χ4v) is 4.16. The molecule has 1 aromatic carbocycles. The minimum Gasteiger partial charge on any atom is -0.493 e. The summed E-state index contributed by atoms with van der Waals surface area (Å²) in [7, 11) is 3.29. The zero-order valence-corrected chi connectivity index (χ0v) is 18.0. The van der Waals surface area contributed by atoms with Crippen molar-refractivity contribution >= 4 is 5.91 Å². The van der Waals surface area contributed by atoms with Gasteiger partial charge in [-0.15, -0.1) is 0 Å². The summed E-state index contributed by atoms with van der Waals surface area (Å²) in [6.45, 7) is 0.790. The molecular formula is C24H28N4O3. The molecule has 7 nitrogen and oxygen atoms in total. The number of rotatable bonds is 7. The first kappa shape index (κ1) is 20.9. The van der Waals surface area contributed by atoms with E-state index in [2.05, 4.69) is 16.0 Å². The van der Waals surface area contributed by atoms with Crippen LogP contribution in [-0.4, -0.2) is 52.1 Å². The van der Waals surface area contributed by atoms with Crippen molar-refractivity contribution in [3.8, 4) is 17.3 Å². The number of nitrogens with zero attached hydrogens (tertiary/aromatic N) is 4. The molecule has 1 aliphatic rings. The number of hydrogen-bond acceptors (Lipinski definition) is 5. The normalized spacial score (nSPS) is 16.2. The lowest BCUT2D eigenvalue weighted by atomic mass is 9.95. The molecular weight excluding hydrogens is 392 g/mol. The van der Waals surface area contributed by atoms with Gasteiger partial charge in [-0.25, -0.2) is 9.97 Å². The van der Waals surface area contributed by atoms with Crippen LogP contribution in [0.4, 0.5) is 0 Å². The van der Waals surface area contributed by atoms with Crippen molar-refractivity contribution in [1.29, 1.82) is 0 Å². The smallest absolute Gasteiger partial charge is 0.255 e. The standard InChI is InChI=1S/C24H28N4O3/c1-30-21-10-7-18(15-22(21)31-2)6-9-20-5-3-4-13-28(20)24(29)19-8-11-23(26-16-19)27-14-12-25-17-27/h7-8,10-12,14-17,20H,3-6,9,13H2,1-2H3. The highest BCUT2D eigenvalue weighted by Gasteiger charge is 2.27. The summed E-state index contributed by atoms with van der Waals surface area (Å²) in [6, 6.07) is 9.96. The second-order valence-corrected chi connectivity index (χ2v) is 7.75. The molecule has 1 saturated heterocycles. The first-order chi connectivity index (χ1) is 15.2. The Bertz CT molecular complexity index is 1000. The number of piperidine rings is 1. The number of carbonyl (C=O) groups is 1. The van der Waals surface area contributed by atoms with Crippen LogP contribution in [-0.2, 0) is 6.42 Å². The van der Waals surface area contributed by atoms with Crippen molar-refractivity contribution in [3.63, 3.8) is 0 Å². The number of pyridine rings is 1. The number of aromatic nitrogens is 3. The molecule has 1 aliphatic heterocycles. The number of likely N-dealkylation sites (tertiary alicyclic amines) is 1. The Hall–Kier alpha value is -3.35. The van der Waals surface area contributed by atoms with Crippen LogP contribution < -0.4 is 9.47 Å². The summed E-state index contributed by atoms with van der Waals surface area (Å²) in [5.74, 6) is 2.27. The van der Waals surface area contributed by atoms with Gasteiger partial charge in [-0.1, -0.05) is 6.07 Å². The topological polar surface area (TPSA) is 69.5 Å². The zero-order valence-electron chi connectivity index (χ0n) is 18.0.